The molecule has 0 N–H and O–H groups in total. The third-order valence-electron chi connectivity index (χ3n) is 2.75. The van der Waals surface area contributed by atoms with Crippen LogP contribution in [-0.4, -0.2) is 4.20 Å². The van der Waals surface area contributed by atoms with Crippen LogP contribution in [0.2, 0.25) is 0 Å². The fraction of sp³-hybridized carbons (Fsp3) is 0.357. The molecule has 0 nitrogen and oxygen atoms in total. The SMILES string of the molecule is CCCCC/C=C1\SC(=S)c2ccccc21. The first-order valence-electron chi connectivity index (χ1n) is 5.84. The highest BCUT2D eigenvalue weighted by Crippen LogP contribution is 2.41. The Hall–Kier alpha value is -0.600. The van der Waals surface area contributed by atoms with Crippen molar-refractivity contribution in [2.45, 2.75) is 32.6 Å². The first-order chi connectivity index (χ1) is 7.83. The van der Waals surface area contributed by atoms with E-state index >= 15 is 0 Å². The van der Waals surface area contributed by atoms with Gasteiger partial charge in [-0.1, -0.05) is 74.1 Å². The van der Waals surface area contributed by atoms with Crippen molar-refractivity contribution in [3.8, 4) is 0 Å². The largest absolute Gasteiger partial charge is 0.0832 e. The molecule has 2 heteroatoms. The molecule has 1 aliphatic heterocycles. The number of fused-ring (bicyclic) bond motifs is 1. The average molecular weight is 248 g/mol. The highest BCUT2D eigenvalue weighted by molar-refractivity contribution is 8.30. The van der Waals surface area contributed by atoms with Crippen molar-refractivity contribution < 1.29 is 0 Å². The lowest BCUT2D eigenvalue weighted by Crippen LogP contribution is -1.84. The summed E-state index contributed by atoms with van der Waals surface area (Å²) in [4.78, 5) is 1.36. The van der Waals surface area contributed by atoms with E-state index < -0.39 is 0 Å². The van der Waals surface area contributed by atoms with Crippen LogP contribution in [0.3, 0.4) is 0 Å². The lowest BCUT2D eigenvalue weighted by atomic mass is 10.1. The number of hydrogen-bond acceptors (Lipinski definition) is 2. The smallest absolute Gasteiger partial charge is 0.0774 e. The highest BCUT2D eigenvalue weighted by atomic mass is 32.2. The number of benzene rings is 1. The van der Waals surface area contributed by atoms with Crippen LogP contribution in [-0.2, 0) is 0 Å². The van der Waals surface area contributed by atoms with E-state index in [4.69, 9.17) is 12.2 Å². The van der Waals surface area contributed by atoms with Gasteiger partial charge in [-0.05, 0) is 18.4 Å². The molecule has 84 valence electrons. The van der Waals surface area contributed by atoms with Crippen molar-refractivity contribution in [3.05, 3.63) is 41.5 Å². The Morgan fingerprint density at radius 2 is 1.94 bits per heavy atom. The van der Waals surface area contributed by atoms with Crippen molar-refractivity contribution in [1.82, 2.24) is 0 Å². The van der Waals surface area contributed by atoms with Crippen molar-refractivity contribution in [2.75, 3.05) is 0 Å². The number of thioether (sulfide) groups is 1. The zero-order valence-electron chi connectivity index (χ0n) is 9.53. The van der Waals surface area contributed by atoms with Gasteiger partial charge >= 0.3 is 0 Å². The Balaban J connectivity index is 2.11. The Morgan fingerprint density at radius 3 is 2.69 bits per heavy atom. The first-order valence-corrected chi connectivity index (χ1v) is 7.07. The topological polar surface area (TPSA) is 0 Å². The molecule has 1 aromatic rings. The van der Waals surface area contributed by atoms with Gasteiger partial charge in [0.1, 0.15) is 0 Å². The van der Waals surface area contributed by atoms with Crippen LogP contribution in [0.4, 0.5) is 0 Å². The van der Waals surface area contributed by atoms with E-state index in [0.717, 1.165) is 4.20 Å². The lowest BCUT2D eigenvalue weighted by molar-refractivity contribution is 0.730. The lowest BCUT2D eigenvalue weighted by Gasteiger charge is -1.98. The minimum Gasteiger partial charge on any atom is -0.0774 e. The van der Waals surface area contributed by atoms with E-state index in [9.17, 15) is 0 Å². The second-order valence-corrected chi connectivity index (χ2v) is 5.72. The Bertz CT molecular complexity index is 418. The average Bonchev–Trinajstić information content (AvgIpc) is 2.63. The number of thiocarbonyl (C=S) groups is 1. The maximum atomic E-state index is 5.37. The summed E-state index contributed by atoms with van der Waals surface area (Å²) in [6.07, 6.45) is 7.41. The van der Waals surface area contributed by atoms with E-state index in [-0.39, 0.29) is 0 Å². The van der Waals surface area contributed by atoms with Gasteiger partial charge in [0.15, 0.2) is 0 Å². The van der Waals surface area contributed by atoms with E-state index in [0.29, 0.717) is 0 Å². The van der Waals surface area contributed by atoms with E-state index in [2.05, 4.69) is 37.3 Å². The maximum absolute atomic E-state index is 5.37. The van der Waals surface area contributed by atoms with Gasteiger partial charge in [0.05, 0.1) is 4.20 Å². The van der Waals surface area contributed by atoms with Crippen LogP contribution in [0.25, 0.3) is 4.91 Å². The van der Waals surface area contributed by atoms with Crippen molar-refractivity contribution >= 4 is 33.1 Å². The number of hydrogen-bond donors (Lipinski definition) is 0. The zero-order chi connectivity index (χ0) is 11.4. The molecule has 16 heavy (non-hydrogen) atoms. The number of unbranched alkanes of at least 4 members (excludes halogenated alkanes) is 3. The minimum absolute atomic E-state index is 1.03. The molecule has 0 fully saturated rings. The Morgan fingerprint density at radius 1 is 1.19 bits per heavy atom. The van der Waals surface area contributed by atoms with Gasteiger partial charge in [0.2, 0.25) is 0 Å². The van der Waals surface area contributed by atoms with E-state index in [1.807, 2.05) is 0 Å². The van der Waals surface area contributed by atoms with E-state index in [1.54, 1.807) is 11.8 Å². The molecule has 2 rings (SSSR count). The van der Waals surface area contributed by atoms with Crippen LogP contribution >= 0.6 is 24.0 Å². The Labute approximate surface area is 107 Å². The summed E-state index contributed by atoms with van der Waals surface area (Å²) in [7, 11) is 0. The molecule has 0 amide bonds. The standard InChI is InChI=1S/C14H16S2/c1-2-3-4-5-10-13-11-8-6-7-9-12(11)14(15)16-13/h6-10H,2-5H2,1H3/b13-10-. The quantitative estimate of drug-likeness (QED) is 0.541. The monoisotopic (exact) mass is 248 g/mol. The molecule has 0 bridgehead atoms. The summed E-state index contributed by atoms with van der Waals surface area (Å²) in [5.41, 5.74) is 2.57. The number of rotatable bonds is 4. The van der Waals surface area contributed by atoms with Crippen molar-refractivity contribution in [2.24, 2.45) is 0 Å². The first kappa shape index (κ1) is 11.9. The summed E-state index contributed by atoms with van der Waals surface area (Å²) >= 11 is 7.12. The van der Waals surface area contributed by atoms with Crippen LogP contribution in [0, 0.1) is 0 Å². The maximum Gasteiger partial charge on any atom is 0.0832 e. The van der Waals surface area contributed by atoms with Gasteiger partial charge in [-0.2, -0.15) is 0 Å². The predicted octanol–water partition coefficient (Wildman–Crippen LogP) is 5.03. The minimum atomic E-state index is 1.03. The van der Waals surface area contributed by atoms with Crippen LogP contribution < -0.4 is 0 Å². The summed E-state index contributed by atoms with van der Waals surface area (Å²) < 4.78 is 1.03. The normalized spacial score (nSPS) is 16.8. The molecule has 1 aliphatic rings. The number of allylic oxidation sites excluding steroid dienone is 1. The van der Waals surface area contributed by atoms with Gasteiger partial charge in [-0.15, -0.1) is 0 Å². The fourth-order valence-electron chi connectivity index (χ4n) is 1.86. The summed E-state index contributed by atoms with van der Waals surface area (Å²) in [6, 6.07) is 8.45. The van der Waals surface area contributed by atoms with Gasteiger partial charge in [-0.3, -0.25) is 0 Å². The molecule has 0 saturated heterocycles. The Kier molecular flexibility index (Phi) is 4.19. The molecule has 0 atom stereocenters. The third-order valence-corrected chi connectivity index (χ3v) is 4.23. The van der Waals surface area contributed by atoms with Crippen molar-refractivity contribution in [1.29, 1.82) is 0 Å². The molecule has 0 aromatic heterocycles. The van der Waals surface area contributed by atoms with Gasteiger partial charge in [0, 0.05) is 10.5 Å². The molecule has 0 radical (unpaired) electrons. The third kappa shape index (κ3) is 2.55. The molecule has 0 aliphatic carbocycles. The summed E-state index contributed by atoms with van der Waals surface area (Å²) in [6.45, 7) is 2.24. The predicted molar refractivity (Wildman–Crippen MR) is 77.9 cm³/mol. The molecule has 0 unspecified atom stereocenters. The van der Waals surface area contributed by atoms with Gasteiger partial charge in [0.25, 0.3) is 0 Å². The fourth-order valence-corrected chi connectivity index (χ4v) is 3.29. The second kappa shape index (κ2) is 5.65. The van der Waals surface area contributed by atoms with Crippen LogP contribution in [0.1, 0.15) is 43.7 Å². The van der Waals surface area contributed by atoms with Gasteiger partial charge in [-0.25, -0.2) is 0 Å². The van der Waals surface area contributed by atoms with Crippen molar-refractivity contribution in [3.63, 3.8) is 0 Å². The summed E-state index contributed by atoms with van der Waals surface area (Å²) in [5.74, 6) is 0. The van der Waals surface area contributed by atoms with Gasteiger partial charge < -0.3 is 0 Å². The summed E-state index contributed by atoms with van der Waals surface area (Å²) in [5, 5.41) is 0. The molecule has 0 spiro atoms. The zero-order valence-corrected chi connectivity index (χ0v) is 11.2. The molecule has 1 aromatic carbocycles. The molecular formula is C14H16S2. The molecule has 0 saturated carbocycles. The van der Waals surface area contributed by atoms with Crippen LogP contribution in [0.15, 0.2) is 30.3 Å². The molecular weight excluding hydrogens is 232 g/mol. The molecule has 1 heterocycles. The van der Waals surface area contributed by atoms with E-state index in [1.165, 1.54) is 41.7 Å². The second-order valence-electron chi connectivity index (χ2n) is 4.00. The van der Waals surface area contributed by atoms with Crippen LogP contribution in [0.5, 0.6) is 0 Å². The highest BCUT2D eigenvalue weighted by Gasteiger charge is 2.20.